The summed E-state index contributed by atoms with van der Waals surface area (Å²) >= 11 is 0. The Morgan fingerprint density at radius 3 is 2.34 bits per heavy atom. The van der Waals surface area contributed by atoms with Crippen molar-refractivity contribution < 1.29 is 39.1 Å². The fourth-order valence-electron chi connectivity index (χ4n) is 4.07. The van der Waals surface area contributed by atoms with Crippen LogP contribution in [0.4, 0.5) is 0 Å². The van der Waals surface area contributed by atoms with Crippen LogP contribution < -0.4 is 0 Å². The summed E-state index contributed by atoms with van der Waals surface area (Å²) in [4.78, 5) is 25.3. The molecule has 2 aliphatic rings. The lowest BCUT2D eigenvalue weighted by molar-refractivity contribution is -0.169. The predicted molar refractivity (Wildman–Crippen MR) is 113 cm³/mol. The molecule has 0 spiro atoms. The van der Waals surface area contributed by atoms with Gasteiger partial charge in [0.15, 0.2) is 0 Å². The Morgan fingerprint density at radius 1 is 1.09 bits per heavy atom. The summed E-state index contributed by atoms with van der Waals surface area (Å²) in [7, 11) is 1.16. The molecule has 32 heavy (non-hydrogen) atoms. The summed E-state index contributed by atoms with van der Waals surface area (Å²) in [5, 5.41) is 30.4. The standard InChI is InChI=1S/C24H24O8/c1-23(2)18(31-23)11-15-10-13(4-9-17(15)26)12-24(22(29)30-3)19(20(27)21(28)32-24)14-5-7-16(25)8-6-14/h4-10,18,25-27H,11-12H2,1-3H3/t18?,24-/m1/s1. The lowest BCUT2D eigenvalue weighted by Crippen LogP contribution is -2.44. The number of cyclic esters (lactones) is 1. The summed E-state index contributed by atoms with van der Waals surface area (Å²) in [6.07, 6.45) is 0.302. The molecule has 0 radical (unpaired) electrons. The number of carbonyl (C=O) groups excluding carboxylic acids is 2. The summed E-state index contributed by atoms with van der Waals surface area (Å²) in [5.41, 5.74) is -0.713. The highest BCUT2D eigenvalue weighted by atomic mass is 16.6. The van der Waals surface area contributed by atoms with E-state index in [0.717, 1.165) is 7.11 Å². The van der Waals surface area contributed by atoms with E-state index in [1.54, 1.807) is 12.1 Å². The second kappa shape index (κ2) is 7.56. The van der Waals surface area contributed by atoms with Gasteiger partial charge in [-0.25, -0.2) is 9.59 Å². The van der Waals surface area contributed by atoms with Gasteiger partial charge >= 0.3 is 11.9 Å². The van der Waals surface area contributed by atoms with Crippen LogP contribution in [0.5, 0.6) is 11.5 Å². The van der Waals surface area contributed by atoms with Crippen LogP contribution in [0.25, 0.3) is 5.57 Å². The molecule has 2 heterocycles. The second-order valence-corrected chi connectivity index (χ2v) is 8.53. The van der Waals surface area contributed by atoms with Crippen LogP contribution in [-0.4, -0.2) is 51.7 Å². The Bertz CT molecular complexity index is 1120. The molecular formula is C24H24O8. The van der Waals surface area contributed by atoms with Gasteiger partial charge in [0.25, 0.3) is 0 Å². The average molecular weight is 440 g/mol. The fraction of sp³-hybridized carbons (Fsp3) is 0.333. The highest BCUT2D eigenvalue weighted by Gasteiger charge is 2.55. The molecule has 4 rings (SSSR count). The average Bonchev–Trinajstić information content (AvgIpc) is 3.27. The maximum atomic E-state index is 12.9. The van der Waals surface area contributed by atoms with Crippen LogP contribution in [0.15, 0.2) is 48.2 Å². The molecule has 8 nitrogen and oxygen atoms in total. The monoisotopic (exact) mass is 440 g/mol. The summed E-state index contributed by atoms with van der Waals surface area (Å²) in [6, 6.07) is 10.5. The van der Waals surface area contributed by atoms with Crippen molar-refractivity contribution in [2.24, 2.45) is 0 Å². The number of hydrogen-bond donors (Lipinski definition) is 3. The minimum atomic E-state index is -1.93. The number of carbonyl (C=O) groups is 2. The van der Waals surface area contributed by atoms with Crippen LogP contribution in [0, 0.1) is 0 Å². The number of aliphatic hydroxyl groups excluding tert-OH is 1. The minimum Gasteiger partial charge on any atom is -0.508 e. The number of aliphatic hydroxyl groups is 1. The van der Waals surface area contributed by atoms with E-state index < -0.39 is 23.3 Å². The van der Waals surface area contributed by atoms with Gasteiger partial charge < -0.3 is 29.5 Å². The number of methoxy groups -OCH3 is 1. The molecule has 3 N–H and O–H groups in total. The molecule has 2 atom stereocenters. The Hall–Kier alpha value is -3.52. The molecule has 0 aromatic heterocycles. The maximum absolute atomic E-state index is 12.9. The number of benzene rings is 2. The van der Waals surface area contributed by atoms with Crippen molar-refractivity contribution in [1.82, 2.24) is 0 Å². The van der Waals surface area contributed by atoms with E-state index in [4.69, 9.17) is 14.2 Å². The smallest absolute Gasteiger partial charge is 0.375 e. The third kappa shape index (κ3) is 3.67. The van der Waals surface area contributed by atoms with Crippen molar-refractivity contribution in [2.75, 3.05) is 7.11 Å². The number of epoxide rings is 1. The topological polar surface area (TPSA) is 126 Å². The van der Waals surface area contributed by atoms with E-state index in [-0.39, 0.29) is 35.2 Å². The summed E-state index contributed by atoms with van der Waals surface area (Å²) in [6.45, 7) is 3.92. The lowest BCUT2D eigenvalue weighted by atomic mass is 9.82. The van der Waals surface area contributed by atoms with Crippen LogP contribution in [0.1, 0.15) is 30.5 Å². The number of phenols is 2. The molecule has 2 aromatic carbocycles. The van der Waals surface area contributed by atoms with Gasteiger partial charge in [-0.1, -0.05) is 24.3 Å². The Labute approximate surface area is 184 Å². The van der Waals surface area contributed by atoms with Crippen molar-refractivity contribution in [1.29, 1.82) is 0 Å². The first-order valence-electron chi connectivity index (χ1n) is 10.1. The Balaban J connectivity index is 1.75. The van der Waals surface area contributed by atoms with Gasteiger partial charge in [0, 0.05) is 12.8 Å². The SMILES string of the molecule is COC(=O)[C@]1(Cc2ccc(O)c(CC3OC3(C)C)c2)OC(=O)C(O)=C1c1ccc(O)cc1. The van der Waals surface area contributed by atoms with Gasteiger partial charge in [-0.3, -0.25) is 0 Å². The van der Waals surface area contributed by atoms with Crippen molar-refractivity contribution in [3.05, 3.63) is 64.9 Å². The van der Waals surface area contributed by atoms with Crippen molar-refractivity contribution in [2.45, 2.75) is 44.0 Å². The molecule has 8 heteroatoms. The van der Waals surface area contributed by atoms with Gasteiger partial charge in [-0.2, -0.15) is 0 Å². The molecular weight excluding hydrogens is 416 g/mol. The summed E-state index contributed by atoms with van der Waals surface area (Å²) in [5.74, 6) is -2.54. The largest absolute Gasteiger partial charge is 0.508 e. The number of rotatable bonds is 6. The zero-order valence-electron chi connectivity index (χ0n) is 17.9. The van der Waals surface area contributed by atoms with E-state index in [2.05, 4.69) is 0 Å². The Morgan fingerprint density at radius 2 is 1.75 bits per heavy atom. The van der Waals surface area contributed by atoms with Gasteiger partial charge in [-0.15, -0.1) is 0 Å². The molecule has 0 saturated carbocycles. The van der Waals surface area contributed by atoms with Gasteiger partial charge in [0.2, 0.25) is 11.4 Å². The molecule has 0 amide bonds. The van der Waals surface area contributed by atoms with Crippen molar-refractivity contribution in [3.8, 4) is 11.5 Å². The number of esters is 2. The quantitative estimate of drug-likeness (QED) is 0.462. The summed E-state index contributed by atoms with van der Waals surface area (Å²) < 4.78 is 16.0. The minimum absolute atomic E-state index is 0.0175. The Kier molecular flexibility index (Phi) is 5.13. The molecule has 2 aromatic rings. The zero-order chi connectivity index (χ0) is 23.3. The van der Waals surface area contributed by atoms with Gasteiger partial charge in [0.05, 0.1) is 24.4 Å². The van der Waals surface area contributed by atoms with Crippen molar-refractivity contribution >= 4 is 17.5 Å². The van der Waals surface area contributed by atoms with Crippen molar-refractivity contribution in [3.63, 3.8) is 0 Å². The van der Waals surface area contributed by atoms with Crippen LogP contribution in [0.2, 0.25) is 0 Å². The number of aromatic hydroxyl groups is 2. The molecule has 1 fully saturated rings. The number of ether oxygens (including phenoxy) is 3. The zero-order valence-corrected chi connectivity index (χ0v) is 17.9. The van der Waals surface area contributed by atoms with Crippen LogP contribution in [0.3, 0.4) is 0 Å². The molecule has 1 saturated heterocycles. The van der Waals surface area contributed by atoms with E-state index in [1.807, 2.05) is 13.8 Å². The normalized spacial score (nSPS) is 23.7. The first-order chi connectivity index (χ1) is 15.1. The van der Waals surface area contributed by atoms with Crippen LogP contribution >= 0.6 is 0 Å². The van der Waals surface area contributed by atoms with E-state index in [0.29, 0.717) is 23.1 Å². The van der Waals surface area contributed by atoms with Crippen LogP contribution in [-0.2, 0) is 36.6 Å². The van der Waals surface area contributed by atoms with Gasteiger partial charge in [0.1, 0.15) is 11.5 Å². The van der Waals surface area contributed by atoms with E-state index >= 15 is 0 Å². The molecule has 0 bridgehead atoms. The maximum Gasteiger partial charge on any atom is 0.375 e. The van der Waals surface area contributed by atoms with Gasteiger partial charge in [-0.05, 0) is 48.7 Å². The van der Waals surface area contributed by atoms with E-state index in [1.165, 1.54) is 30.3 Å². The molecule has 1 unspecified atom stereocenters. The number of phenolic OH excluding ortho intramolecular Hbond substituents is 2. The molecule has 2 aliphatic heterocycles. The highest BCUT2D eigenvalue weighted by Crippen LogP contribution is 2.44. The second-order valence-electron chi connectivity index (χ2n) is 8.53. The lowest BCUT2D eigenvalue weighted by Gasteiger charge is -2.28. The number of hydrogen-bond acceptors (Lipinski definition) is 8. The predicted octanol–water partition coefficient (Wildman–Crippen LogP) is 2.80. The molecule has 0 aliphatic carbocycles. The highest BCUT2D eigenvalue weighted by molar-refractivity contribution is 6.11. The molecule has 168 valence electrons. The third-order valence-electron chi connectivity index (χ3n) is 5.94. The third-order valence-corrected chi connectivity index (χ3v) is 5.94. The first kappa shape index (κ1) is 21.7. The first-order valence-corrected chi connectivity index (χ1v) is 10.1. The van der Waals surface area contributed by atoms with E-state index in [9.17, 15) is 24.9 Å². The fourth-order valence-corrected chi connectivity index (χ4v) is 4.07.